The number of aryl methyl sites for hydroxylation is 1. The summed E-state index contributed by atoms with van der Waals surface area (Å²) in [4.78, 5) is 15.8. The lowest BCUT2D eigenvalue weighted by Gasteiger charge is -2.15. The van der Waals surface area contributed by atoms with Gasteiger partial charge in [-0.25, -0.2) is 9.78 Å². The number of thioether (sulfide) groups is 1. The Morgan fingerprint density at radius 2 is 2.39 bits per heavy atom. The lowest BCUT2D eigenvalue weighted by atomic mass is 10.1. The van der Waals surface area contributed by atoms with Crippen molar-refractivity contribution in [2.24, 2.45) is 0 Å². The number of fused-ring (bicyclic) bond motifs is 1. The molecule has 18 heavy (non-hydrogen) atoms. The summed E-state index contributed by atoms with van der Waals surface area (Å²) in [5, 5.41) is 9.31. The van der Waals surface area contributed by atoms with Crippen LogP contribution in [0.5, 0.6) is 0 Å². The molecule has 1 fully saturated rings. The van der Waals surface area contributed by atoms with Crippen molar-refractivity contribution < 1.29 is 9.90 Å². The van der Waals surface area contributed by atoms with Crippen LogP contribution in [0, 0.1) is 6.92 Å². The summed E-state index contributed by atoms with van der Waals surface area (Å²) < 4.78 is 2.11. The largest absolute Gasteiger partial charge is 0.478 e. The molecule has 0 amide bonds. The summed E-state index contributed by atoms with van der Waals surface area (Å²) in [5.41, 5.74) is 1.91. The van der Waals surface area contributed by atoms with Crippen LogP contribution in [0.1, 0.15) is 28.6 Å². The van der Waals surface area contributed by atoms with E-state index in [4.69, 9.17) is 0 Å². The number of nitrogens with zero attached hydrogens (tertiary/aromatic N) is 2. The fourth-order valence-corrected chi connectivity index (χ4v) is 3.80. The molecular weight excluding hydrogens is 248 g/mol. The Hall–Kier alpha value is -1.49. The molecule has 2 aromatic rings. The predicted molar refractivity (Wildman–Crippen MR) is 72.4 cm³/mol. The lowest BCUT2D eigenvalue weighted by molar-refractivity contribution is 0.0698. The van der Waals surface area contributed by atoms with Crippen LogP contribution in [0.3, 0.4) is 0 Å². The Balaban J connectivity index is 2.28. The zero-order valence-corrected chi connectivity index (χ0v) is 10.9. The first kappa shape index (κ1) is 11.6. The summed E-state index contributed by atoms with van der Waals surface area (Å²) >= 11 is 1.92. The van der Waals surface area contributed by atoms with Gasteiger partial charge in [0.15, 0.2) is 0 Å². The van der Waals surface area contributed by atoms with Crippen molar-refractivity contribution in [3.8, 4) is 0 Å². The maximum atomic E-state index is 11.3. The second-order valence-electron chi connectivity index (χ2n) is 4.52. The summed E-state index contributed by atoms with van der Waals surface area (Å²) in [6.45, 7) is 1.95. The maximum Gasteiger partial charge on any atom is 0.337 e. The van der Waals surface area contributed by atoms with Crippen molar-refractivity contribution in [2.75, 3.05) is 11.5 Å². The van der Waals surface area contributed by atoms with Crippen LogP contribution < -0.4 is 0 Å². The molecule has 1 aliphatic rings. The molecule has 2 heterocycles. The Labute approximate surface area is 109 Å². The lowest BCUT2D eigenvalue weighted by Crippen LogP contribution is -2.11. The van der Waals surface area contributed by atoms with Crippen LogP contribution in [-0.4, -0.2) is 32.1 Å². The van der Waals surface area contributed by atoms with E-state index in [1.165, 1.54) is 0 Å². The smallest absolute Gasteiger partial charge is 0.337 e. The number of para-hydroxylation sites is 1. The van der Waals surface area contributed by atoms with E-state index in [0.29, 0.717) is 11.6 Å². The normalized spacial score (nSPS) is 19.5. The van der Waals surface area contributed by atoms with Gasteiger partial charge in [-0.2, -0.15) is 11.8 Å². The van der Waals surface area contributed by atoms with Crippen molar-refractivity contribution >= 4 is 28.8 Å². The Morgan fingerprint density at radius 1 is 1.56 bits per heavy atom. The van der Waals surface area contributed by atoms with Gasteiger partial charge in [0.2, 0.25) is 0 Å². The van der Waals surface area contributed by atoms with Crippen LogP contribution in [-0.2, 0) is 0 Å². The average molecular weight is 262 g/mol. The molecule has 1 atom stereocenters. The number of imidazole rings is 1. The van der Waals surface area contributed by atoms with Crippen LogP contribution >= 0.6 is 11.8 Å². The monoisotopic (exact) mass is 262 g/mol. The van der Waals surface area contributed by atoms with E-state index in [-0.39, 0.29) is 0 Å². The van der Waals surface area contributed by atoms with E-state index in [0.717, 1.165) is 34.8 Å². The number of rotatable bonds is 2. The van der Waals surface area contributed by atoms with E-state index in [1.807, 2.05) is 24.8 Å². The summed E-state index contributed by atoms with van der Waals surface area (Å²) in [5.74, 6) is 2.21. The van der Waals surface area contributed by atoms with Crippen molar-refractivity contribution in [1.29, 1.82) is 0 Å². The number of aromatic carboxylic acids is 1. The third-order valence-corrected chi connectivity index (χ3v) is 4.53. The third kappa shape index (κ3) is 1.70. The molecule has 0 bridgehead atoms. The second-order valence-corrected chi connectivity index (χ2v) is 5.67. The van der Waals surface area contributed by atoms with Crippen molar-refractivity contribution in [3.63, 3.8) is 0 Å². The molecule has 0 radical (unpaired) electrons. The van der Waals surface area contributed by atoms with Gasteiger partial charge in [0.25, 0.3) is 0 Å². The number of carboxylic acid groups (broad SMARTS) is 1. The van der Waals surface area contributed by atoms with Crippen LogP contribution in [0.4, 0.5) is 0 Å². The number of hydrogen-bond acceptors (Lipinski definition) is 3. The fraction of sp³-hybridized carbons (Fsp3) is 0.385. The fourth-order valence-electron chi connectivity index (χ4n) is 2.61. The van der Waals surface area contributed by atoms with Gasteiger partial charge in [-0.15, -0.1) is 0 Å². The molecule has 94 valence electrons. The number of carboxylic acids is 1. The van der Waals surface area contributed by atoms with Gasteiger partial charge in [0, 0.05) is 11.8 Å². The standard InChI is InChI=1S/C13H14N2O2S/c1-8-14-11-4-2-3-10(13(16)17)12(11)15(8)9-5-6-18-7-9/h2-4,9H,5-7H2,1H3,(H,16,17). The molecular formula is C13H14N2O2S. The average Bonchev–Trinajstić information content (AvgIpc) is 2.93. The first-order valence-electron chi connectivity index (χ1n) is 5.97. The SMILES string of the molecule is Cc1nc2cccc(C(=O)O)c2n1C1CCSC1. The molecule has 0 saturated carbocycles. The molecule has 0 aliphatic carbocycles. The first-order chi connectivity index (χ1) is 8.68. The predicted octanol–water partition coefficient (Wildman–Crippen LogP) is 2.72. The Bertz CT molecular complexity index is 615. The number of aromatic nitrogens is 2. The van der Waals surface area contributed by atoms with E-state index in [9.17, 15) is 9.90 Å². The molecule has 5 heteroatoms. The van der Waals surface area contributed by atoms with Crippen LogP contribution in [0.25, 0.3) is 11.0 Å². The van der Waals surface area contributed by atoms with E-state index >= 15 is 0 Å². The molecule has 1 aromatic heterocycles. The highest BCUT2D eigenvalue weighted by Crippen LogP contribution is 2.33. The zero-order valence-electron chi connectivity index (χ0n) is 10.1. The number of hydrogen-bond donors (Lipinski definition) is 1. The van der Waals surface area contributed by atoms with E-state index < -0.39 is 5.97 Å². The summed E-state index contributed by atoms with van der Waals surface area (Å²) in [6, 6.07) is 5.67. The molecule has 1 aromatic carbocycles. The second kappa shape index (κ2) is 4.31. The molecule has 4 nitrogen and oxygen atoms in total. The first-order valence-corrected chi connectivity index (χ1v) is 7.12. The quantitative estimate of drug-likeness (QED) is 0.904. The molecule has 0 spiro atoms. The molecule has 1 aliphatic heterocycles. The highest BCUT2D eigenvalue weighted by atomic mass is 32.2. The summed E-state index contributed by atoms with van der Waals surface area (Å²) in [6.07, 6.45) is 1.09. The molecule has 1 unspecified atom stereocenters. The molecule has 3 rings (SSSR count). The minimum absolute atomic E-state index is 0.352. The molecule has 1 N–H and O–H groups in total. The Kier molecular flexibility index (Phi) is 2.78. The maximum absolute atomic E-state index is 11.3. The topological polar surface area (TPSA) is 55.1 Å². The van der Waals surface area contributed by atoms with Gasteiger partial charge >= 0.3 is 5.97 Å². The third-order valence-electron chi connectivity index (χ3n) is 3.39. The highest BCUT2D eigenvalue weighted by molar-refractivity contribution is 7.99. The van der Waals surface area contributed by atoms with Crippen molar-refractivity contribution in [3.05, 3.63) is 29.6 Å². The van der Waals surface area contributed by atoms with Crippen molar-refractivity contribution in [1.82, 2.24) is 9.55 Å². The van der Waals surface area contributed by atoms with Gasteiger partial charge in [0.1, 0.15) is 5.82 Å². The van der Waals surface area contributed by atoms with Gasteiger partial charge in [0.05, 0.1) is 16.6 Å². The van der Waals surface area contributed by atoms with E-state index in [1.54, 1.807) is 12.1 Å². The van der Waals surface area contributed by atoms with Crippen molar-refractivity contribution in [2.45, 2.75) is 19.4 Å². The Morgan fingerprint density at radius 3 is 3.06 bits per heavy atom. The van der Waals surface area contributed by atoms with Gasteiger partial charge in [-0.05, 0) is 31.2 Å². The minimum atomic E-state index is -0.882. The highest BCUT2D eigenvalue weighted by Gasteiger charge is 2.24. The number of carbonyl (C=O) groups is 1. The van der Waals surface area contributed by atoms with Gasteiger partial charge in [-0.3, -0.25) is 0 Å². The summed E-state index contributed by atoms with van der Waals surface area (Å²) in [7, 11) is 0. The van der Waals surface area contributed by atoms with Gasteiger partial charge in [-0.1, -0.05) is 6.07 Å². The molecule has 1 saturated heterocycles. The number of benzene rings is 1. The van der Waals surface area contributed by atoms with Gasteiger partial charge < -0.3 is 9.67 Å². The van der Waals surface area contributed by atoms with Crippen LogP contribution in [0.15, 0.2) is 18.2 Å². The minimum Gasteiger partial charge on any atom is -0.478 e. The van der Waals surface area contributed by atoms with E-state index in [2.05, 4.69) is 9.55 Å². The zero-order chi connectivity index (χ0) is 12.7. The van der Waals surface area contributed by atoms with Crippen LogP contribution in [0.2, 0.25) is 0 Å².